The standard InChI is InChI=1S/C17H23N3/c1-11-5-6-12(2)15(7-11)10-17(20-18)16-8-13(3)19-14(4)9-16/h5-9,17,20H,10,18H2,1-4H3. The van der Waals surface area contributed by atoms with Crippen LogP contribution in [0.25, 0.3) is 0 Å². The minimum Gasteiger partial charge on any atom is -0.271 e. The predicted octanol–water partition coefficient (Wildman–Crippen LogP) is 3.06. The van der Waals surface area contributed by atoms with Crippen molar-refractivity contribution in [2.45, 2.75) is 40.2 Å². The molecule has 3 heteroatoms. The molecule has 0 radical (unpaired) electrons. The Morgan fingerprint density at radius 3 is 2.30 bits per heavy atom. The number of pyridine rings is 1. The van der Waals surface area contributed by atoms with Gasteiger partial charge in [-0.15, -0.1) is 0 Å². The smallest absolute Gasteiger partial charge is 0.0501 e. The molecule has 2 aromatic rings. The minimum absolute atomic E-state index is 0.107. The molecular formula is C17H23N3. The Kier molecular flexibility index (Phi) is 4.53. The van der Waals surface area contributed by atoms with Crippen molar-refractivity contribution in [3.63, 3.8) is 0 Å². The zero-order chi connectivity index (χ0) is 14.7. The van der Waals surface area contributed by atoms with Crippen molar-refractivity contribution >= 4 is 0 Å². The molecule has 0 saturated heterocycles. The molecule has 0 aliphatic carbocycles. The first kappa shape index (κ1) is 14.7. The van der Waals surface area contributed by atoms with E-state index in [1.165, 1.54) is 22.3 Å². The van der Waals surface area contributed by atoms with Crippen molar-refractivity contribution in [3.05, 3.63) is 64.0 Å². The fourth-order valence-corrected chi connectivity index (χ4v) is 2.58. The summed E-state index contributed by atoms with van der Waals surface area (Å²) >= 11 is 0. The maximum absolute atomic E-state index is 5.77. The van der Waals surface area contributed by atoms with Crippen LogP contribution in [-0.2, 0) is 6.42 Å². The Morgan fingerprint density at radius 1 is 1.05 bits per heavy atom. The summed E-state index contributed by atoms with van der Waals surface area (Å²) in [6.45, 7) is 8.30. The van der Waals surface area contributed by atoms with Gasteiger partial charge in [0, 0.05) is 11.4 Å². The van der Waals surface area contributed by atoms with Crippen LogP contribution >= 0.6 is 0 Å². The van der Waals surface area contributed by atoms with Crippen molar-refractivity contribution in [1.29, 1.82) is 0 Å². The minimum atomic E-state index is 0.107. The Hall–Kier alpha value is -1.71. The summed E-state index contributed by atoms with van der Waals surface area (Å²) in [7, 11) is 0. The van der Waals surface area contributed by atoms with Crippen LogP contribution in [-0.4, -0.2) is 4.98 Å². The van der Waals surface area contributed by atoms with Crippen LogP contribution in [0.2, 0.25) is 0 Å². The normalized spacial score (nSPS) is 12.4. The van der Waals surface area contributed by atoms with E-state index in [1.54, 1.807) is 0 Å². The summed E-state index contributed by atoms with van der Waals surface area (Å²) in [5.41, 5.74) is 10.1. The van der Waals surface area contributed by atoms with Crippen molar-refractivity contribution in [2.24, 2.45) is 5.84 Å². The van der Waals surface area contributed by atoms with Gasteiger partial charge in [0.05, 0.1) is 6.04 Å². The van der Waals surface area contributed by atoms with Crippen LogP contribution in [0.1, 0.15) is 39.7 Å². The van der Waals surface area contributed by atoms with E-state index in [4.69, 9.17) is 5.84 Å². The van der Waals surface area contributed by atoms with Gasteiger partial charge in [0.15, 0.2) is 0 Å². The Morgan fingerprint density at radius 2 is 1.70 bits per heavy atom. The number of aromatic nitrogens is 1. The number of hydrogen-bond acceptors (Lipinski definition) is 3. The number of nitrogens with one attached hydrogen (secondary N) is 1. The molecule has 1 aromatic carbocycles. The van der Waals surface area contributed by atoms with E-state index >= 15 is 0 Å². The van der Waals surface area contributed by atoms with E-state index in [0.29, 0.717) is 0 Å². The van der Waals surface area contributed by atoms with Crippen molar-refractivity contribution in [1.82, 2.24) is 10.4 Å². The van der Waals surface area contributed by atoms with E-state index in [2.05, 4.69) is 54.6 Å². The number of nitrogens with zero attached hydrogens (tertiary/aromatic N) is 1. The summed E-state index contributed by atoms with van der Waals surface area (Å²) in [6, 6.07) is 10.9. The molecule has 0 aliphatic rings. The van der Waals surface area contributed by atoms with E-state index < -0.39 is 0 Å². The van der Waals surface area contributed by atoms with Gasteiger partial charge in [-0.05, 0) is 62.9 Å². The molecule has 1 aromatic heterocycles. The molecule has 2 rings (SSSR count). The topological polar surface area (TPSA) is 50.9 Å². The molecule has 0 amide bonds. The molecule has 3 nitrogen and oxygen atoms in total. The number of aryl methyl sites for hydroxylation is 4. The molecule has 3 N–H and O–H groups in total. The lowest BCUT2D eigenvalue weighted by atomic mass is 9.95. The van der Waals surface area contributed by atoms with Gasteiger partial charge >= 0.3 is 0 Å². The lowest BCUT2D eigenvalue weighted by molar-refractivity contribution is 0.549. The van der Waals surface area contributed by atoms with Crippen LogP contribution < -0.4 is 11.3 Å². The molecule has 0 saturated carbocycles. The van der Waals surface area contributed by atoms with Gasteiger partial charge in [-0.2, -0.15) is 0 Å². The largest absolute Gasteiger partial charge is 0.271 e. The van der Waals surface area contributed by atoms with E-state index in [-0.39, 0.29) is 6.04 Å². The van der Waals surface area contributed by atoms with Gasteiger partial charge in [-0.25, -0.2) is 0 Å². The average Bonchev–Trinajstić information content (AvgIpc) is 2.38. The highest BCUT2D eigenvalue weighted by Crippen LogP contribution is 2.22. The first-order valence-corrected chi connectivity index (χ1v) is 6.97. The summed E-state index contributed by atoms with van der Waals surface area (Å²) in [4.78, 5) is 4.42. The number of hydrogen-bond donors (Lipinski definition) is 2. The van der Waals surface area contributed by atoms with Crippen molar-refractivity contribution < 1.29 is 0 Å². The second-order valence-corrected chi connectivity index (χ2v) is 5.54. The highest BCUT2D eigenvalue weighted by Gasteiger charge is 2.13. The molecule has 0 fully saturated rings. The SMILES string of the molecule is Cc1ccc(C)c(CC(NN)c2cc(C)nc(C)c2)c1. The summed E-state index contributed by atoms with van der Waals surface area (Å²) in [6.07, 6.45) is 0.882. The van der Waals surface area contributed by atoms with Crippen LogP contribution in [0.4, 0.5) is 0 Å². The third-order valence-corrected chi connectivity index (χ3v) is 3.64. The highest BCUT2D eigenvalue weighted by atomic mass is 15.2. The number of nitrogens with two attached hydrogens (primary N) is 1. The lowest BCUT2D eigenvalue weighted by Crippen LogP contribution is -2.30. The molecular weight excluding hydrogens is 246 g/mol. The average molecular weight is 269 g/mol. The molecule has 106 valence electrons. The van der Waals surface area contributed by atoms with Crippen molar-refractivity contribution in [2.75, 3.05) is 0 Å². The fourth-order valence-electron chi connectivity index (χ4n) is 2.58. The third kappa shape index (κ3) is 3.44. The predicted molar refractivity (Wildman–Crippen MR) is 83.4 cm³/mol. The van der Waals surface area contributed by atoms with Crippen LogP contribution in [0.15, 0.2) is 30.3 Å². The maximum atomic E-state index is 5.77. The number of benzene rings is 1. The van der Waals surface area contributed by atoms with E-state index in [1.807, 2.05) is 13.8 Å². The maximum Gasteiger partial charge on any atom is 0.0501 e. The molecule has 1 atom stereocenters. The Labute approximate surface area is 121 Å². The quantitative estimate of drug-likeness (QED) is 0.662. The van der Waals surface area contributed by atoms with Gasteiger partial charge in [-0.3, -0.25) is 16.3 Å². The molecule has 1 heterocycles. The molecule has 0 aliphatic heterocycles. The van der Waals surface area contributed by atoms with Crippen LogP contribution in [0.3, 0.4) is 0 Å². The second kappa shape index (κ2) is 6.16. The van der Waals surface area contributed by atoms with Gasteiger partial charge in [0.1, 0.15) is 0 Å². The molecule has 1 unspecified atom stereocenters. The fraction of sp³-hybridized carbons (Fsp3) is 0.353. The van der Waals surface area contributed by atoms with Crippen molar-refractivity contribution in [3.8, 4) is 0 Å². The number of rotatable bonds is 4. The second-order valence-electron chi connectivity index (χ2n) is 5.54. The summed E-state index contributed by atoms with van der Waals surface area (Å²) in [5.74, 6) is 5.77. The molecule has 0 bridgehead atoms. The van der Waals surface area contributed by atoms with Gasteiger partial charge in [0.2, 0.25) is 0 Å². The third-order valence-electron chi connectivity index (χ3n) is 3.64. The van der Waals surface area contributed by atoms with E-state index in [0.717, 1.165) is 17.8 Å². The highest BCUT2D eigenvalue weighted by molar-refractivity contribution is 5.33. The van der Waals surface area contributed by atoms with Gasteiger partial charge in [-0.1, -0.05) is 23.8 Å². The first-order chi connectivity index (χ1) is 9.49. The number of hydrazine groups is 1. The Balaban J connectivity index is 2.30. The lowest BCUT2D eigenvalue weighted by Gasteiger charge is -2.19. The monoisotopic (exact) mass is 269 g/mol. The summed E-state index contributed by atoms with van der Waals surface area (Å²) < 4.78 is 0. The van der Waals surface area contributed by atoms with Gasteiger partial charge in [0.25, 0.3) is 0 Å². The molecule has 20 heavy (non-hydrogen) atoms. The Bertz CT molecular complexity index is 585. The van der Waals surface area contributed by atoms with Crippen LogP contribution in [0, 0.1) is 27.7 Å². The van der Waals surface area contributed by atoms with Crippen LogP contribution in [0.5, 0.6) is 0 Å². The zero-order valence-corrected chi connectivity index (χ0v) is 12.7. The molecule has 0 spiro atoms. The zero-order valence-electron chi connectivity index (χ0n) is 12.7. The first-order valence-electron chi connectivity index (χ1n) is 6.97. The van der Waals surface area contributed by atoms with Gasteiger partial charge < -0.3 is 0 Å². The van der Waals surface area contributed by atoms with E-state index in [9.17, 15) is 0 Å². The summed E-state index contributed by atoms with van der Waals surface area (Å²) in [5, 5.41) is 0.